The second-order valence-electron chi connectivity index (χ2n) is 6.80. The Balaban J connectivity index is 0. The predicted octanol–water partition coefficient (Wildman–Crippen LogP) is 7.11. The maximum atomic E-state index is 10.4. The van der Waals surface area contributed by atoms with E-state index < -0.39 is 5.97 Å². The monoisotopic (exact) mass is 375 g/mol. The second-order valence-corrected chi connectivity index (χ2v) is 6.80. The fraction of sp³-hybridized carbons (Fsp3) is 0.950. The van der Waals surface area contributed by atoms with Gasteiger partial charge in [0.15, 0.2) is 0 Å². The Bertz CT molecular complexity index is 232. The van der Waals surface area contributed by atoms with Crippen molar-refractivity contribution in [1.29, 1.82) is 0 Å². The molecule has 0 bridgehead atoms. The zero-order valence-corrected chi connectivity index (χ0v) is 16.3. The van der Waals surface area contributed by atoms with Crippen molar-refractivity contribution in [3.8, 4) is 0 Å². The van der Waals surface area contributed by atoms with Crippen molar-refractivity contribution in [3.63, 3.8) is 0 Å². The van der Waals surface area contributed by atoms with E-state index in [1.165, 1.54) is 96.3 Å². The molecular weight excluding hydrogens is 336 g/mol. The van der Waals surface area contributed by atoms with Crippen LogP contribution in [0.4, 0.5) is 0 Å². The van der Waals surface area contributed by atoms with Crippen molar-refractivity contribution in [2.75, 3.05) is 0 Å². The van der Waals surface area contributed by atoms with Gasteiger partial charge >= 0.3 is 5.97 Å². The summed E-state index contributed by atoms with van der Waals surface area (Å²) in [6.45, 7) is 2.28. The largest absolute Gasteiger partial charge is 0.481 e. The average molecular weight is 376 g/mol. The maximum Gasteiger partial charge on any atom is 0.303 e. The molecule has 0 aromatic carbocycles. The zero-order chi connectivity index (χ0) is 16.3. The van der Waals surface area contributed by atoms with Gasteiger partial charge in [-0.05, 0) is 6.42 Å². The zero-order valence-electron chi connectivity index (χ0n) is 15.4. The minimum absolute atomic E-state index is 0. The standard InChI is InChI=1S/C20H40O2.Cu/c1-2-3-4-5-6-7-8-9-10-11-12-13-14-15-16-17-18-19-20(21)22;/h2-19H2,1H3,(H,21,22);. The molecule has 0 aliphatic heterocycles. The molecule has 0 unspecified atom stereocenters. The van der Waals surface area contributed by atoms with E-state index in [0.717, 1.165) is 12.8 Å². The molecule has 0 spiro atoms. The molecule has 23 heavy (non-hydrogen) atoms. The first-order valence-electron chi connectivity index (χ1n) is 9.99. The Morgan fingerprint density at radius 1 is 0.565 bits per heavy atom. The van der Waals surface area contributed by atoms with Crippen LogP contribution in [-0.2, 0) is 21.9 Å². The first-order chi connectivity index (χ1) is 10.8. The van der Waals surface area contributed by atoms with Crippen molar-refractivity contribution in [2.45, 2.75) is 122 Å². The van der Waals surface area contributed by atoms with Gasteiger partial charge in [0.1, 0.15) is 0 Å². The van der Waals surface area contributed by atoms with Gasteiger partial charge in [0.2, 0.25) is 0 Å². The summed E-state index contributed by atoms with van der Waals surface area (Å²) in [6, 6.07) is 0. The number of carboxylic acid groups (broad SMARTS) is 1. The van der Waals surface area contributed by atoms with Crippen LogP contribution in [0.3, 0.4) is 0 Å². The summed E-state index contributed by atoms with van der Waals surface area (Å²) in [5, 5.41) is 8.54. The first-order valence-corrected chi connectivity index (χ1v) is 9.99. The molecule has 0 atom stereocenters. The Morgan fingerprint density at radius 3 is 1.09 bits per heavy atom. The van der Waals surface area contributed by atoms with E-state index in [0.29, 0.717) is 6.42 Å². The van der Waals surface area contributed by atoms with Crippen LogP contribution in [0, 0.1) is 0 Å². The SMILES string of the molecule is CCCCCCCCCCCCCCCCCCCC(=O)O.[Cu]. The Morgan fingerprint density at radius 2 is 0.826 bits per heavy atom. The van der Waals surface area contributed by atoms with Gasteiger partial charge < -0.3 is 5.11 Å². The van der Waals surface area contributed by atoms with E-state index >= 15 is 0 Å². The summed E-state index contributed by atoms with van der Waals surface area (Å²) >= 11 is 0. The summed E-state index contributed by atoms with van der Waals surface area (Å²) in [5.74, 6) is -0.652. The van der Waals surface area contributed by atoms with Crippen LogP contribution < -0.4 is 0 Å². The average Bonchev–Trinajstić information content (AvgIpc) is 2.50. The molecule has 0 aromatic heterocycles. The molecule has 0 aliphatic rings. The third kappa shape index (κ3) is 24.4. The quantitative estimate of drug-likeness (QED) is 0.204. The normalized spacial score (nSPS) is 10.5. The fourth-order valence-electron chi connectivity index (χ4n) is 3.00. The summed E-state index contributed by atoms with van der Waals surface area (Å²) in [6.07, 6.45) is 23.1. The molecule has 0 rings (SSSR count). The number of hydrogen-bond acceptors (Lipinski definition) is 1. The number of carbonyl (C=O) groups is 1. The molecule has 1 radical (unpaired) electrons. The molecule has 0 saturated carbocycles. The van der Waals surface area contributed by atoms with Gasteiger partial charge in [0.05, 0.1) is 0 Å². The third-order valence-corrected chi connectivity index (χ3v) is 4.49. The minimum atomic E-state index is -0.652. The Kier molecular flexibility index (Phi) is 24.1. The summed E-state index contributed by atoms with van der Waals surface area (Å²) in [5.41, 5.74) is 0. The van der Waals surface area contributed by atoms with Crippen LogP contribution >= 0.6 is 0 Å². The van der Waals surface area contributed by atoms with Crippen LogP contribution in [0.5, 0.6) is 0 Å². The number of carboxylic acids is 1. The van der Waals surface area contributed by atoms with E-state index in [4.69, 9.17) is 5.11 Å². The fourth-order valence-corrected chi connectivity index (χ4v) is 3.00. The van der Waals surface area contributed by atoms with Crippen molar-refractivity contribution in [2.24, 2.45) is 0 Å². The smallest absolute Gasteiger partial charge is 0.303 e. The molecule has 3 heteroatoms. The molecule has 143 valence electrons. The predicted molar refractivity (Wildman–Crippen MR) is 96.4 cm³/mol. The van der Waals surface area contributed by atoms with Gasteiger partial charge in [0.25, 0.3) is 0 Å². The molecule has 2 nitrogen and oxygen atoms in total. The van der Waals surface area contributed by atoms with Gasteiger partial charge in [-0.15, -0.1) is 0 Å². The van der Waals surface area contributed by atoms with Gasteiger partial charge in [-0.25, -0.2) is 0 Å². The molecule has 1 N–H and O–H groups in total. The summed E-state index contributed by atoms with van der Waals surface area (Å²) < 4.78 is 0. The second kappa shape index (κ2) is 22.0. The van der Waals surface area contributed by atoms with E-state index in [1.54, 1.807) is 0 Å². The first kappa shape index (κ1) is 25.2. The number of aliphatic carboxylic acids is 1. The van der Waals surface area contributed by atoms with Crippen LogP contribution in [-0.4, -0.2) is 11.1 Å². The number of unbranched alkanes of at least 4 members (excludes halogenated alkanes) is 16. The van der Waals surface area contributed by atoms with Gasteiger partial charge in [-0.1, -0.05) is 110 Å². The van der Waals surface area contributed by atoms with Gasteiger partial charge in [0, 0.05) is 23.5 Å². The van der Waals surface area contributed by atoms with E-state index in [2.05, 4.69) is 6.92 Å². The molecular formula is C20H40CuO2. The molecule has 0 aromatic rings. The van der Waals surface area contributed by atoms with Crippen molar-refractivity contribution in [1.82, 2.24) is 0 Å². The van der Waals surface area contributed by atoms with Gasteiger partial charge in [-0.2, -0.15) is 0 Å². The van der Waals surface area contributed by atoms with E-state index in [1.807, 2.05) is 0 Å². The van der Waals surface area contributed by atoms with E-state index in [-0.39, 0.29) is 17.1 Å². The molecule has 0 aliphatic carbocycles. The van der Waals surface area contributed by atoms with Crippen molar-refractivity contribution < 1.29 is 27.0 Å². The molecule has 0 amide bonds. The third-order valence-electron chi connectivity index (χ3n) is 4.49. The summed E-state index contributed by atoms with van der Waals surface area (Å²) in [7, 11) is 0. The van der Waals surface area contributed by atoms with Crippen LogP contribution in [0.2, 0.25) is 0 Å². The molecule has 0 saturated heterocycles. The van der Waals surface area contributed by atoms with Crippen molar-refractivity contribution >= 4 is 5.97 Å². The van der Waals surface area contributed by atoms with Gasteiger partial charge in [-0.3, -0.25) is 4.79 Å². The Hall–Kier alpha value is -0.0105. The number of hydrogen-bond donors (Lipinski definition) is 1. The van der Waals surface area contributed by atoms with Crippen LogP contribution in [0.1, 0.15) is 122 Å². The maximum absolute atomic E-state index is 10.4. The molecule has 0 fully saturated rings. The minimum Gasteiger partial charge on any atom is -0.481 e. The summed E-state index contributed by atoms with van der Waals surface area (Å²) in [4.78, 5) is 10.4. The Labute approximate surface area is 155 Å². The number of rotatable bonds is 18. The molecule has 0 heterocycles. The topological polar surface area (TPSA) is 37.3 Å². The van der Waals surface area contributed by atoms with E-state index in [9.17, 15) is 4.79 Å². The van der Waals surface area contributed by atoms with Crippen LogP contribution in [0.25, 0.3) is 0 Å². The van der Waals surface area contributed by atoms with Crippen LogP contribution in [0.15, 0.2) is 0 Å². The van der Waals surface area contributed by atoms with Crippen molar-refractivity contribution in [3.05, 3.63) is 0 Å².